The molecule has 0 saturated carbocycles. The topological polar surface area (TPSA) is 42.0 Å². The van der Waals surface area contributed by atoms with Gasteiger partial charge in [-0.1, -0.05) is 30.3 Å². The summed E-state index contributed by atoms with van der Waals surface area (Å²) in [5.41, 5.74) is 3.15. The minimum Gasteiger partial charge on any atom is -0.325 e. The minimum absolute atomic E-state index is 0.0444. The molecule has 22 heavy (non-hydrogen) atoms. The Kier molecular flexibility index (Phi) is 4.61. The third kappa shape index (κ3) is 3.80. The summed E-state index contributed by atoms with van der Waals surface area (Å²) in [5.74, 6) is 0.0444. The Morgan fingerprint density at radius 3 is 2.64 bits per heavy atom. The van der Waals surface area contributed by atoms with Crippen LogP contribution in [-0.2, 0) is 11.2 Å². The van der Waals surface area contributed by atoms with Crippen molar-refractivity contribution >= 4 is 22.9 Å². The third-order valence-electron chi connectivity index (χ3n) is 3.33. The lowest BCUT2D eigenvalue weighted by Crippen LogP contribution is -2.11. The van der Waals surface area contributed by atoms with Gasteiger partial charge in [-0.2, -0.15) is 0 Å². The normalized spacial score (nSPS) is 10.4. The molecular weight excluding hydrogens is 292 g/mol. The van der Waals surface area contributed by atoms with E-state index in [0.717, 1.165) is 22.5 Å². The van der Waals surface area contributed by atoms with E-state index >= 15 is 0 Å². The van der Waals surface area contributed by atoms with Crippen LogP contribution < -0.4 is 5.32 Å². The number of hydrogen-bond donors (Lipinski definition) is 1. The lowest BCUT2D eigenvalue weighted by Gasteiger charge is -2.03. The fourth-order valence-corrected chi connectivity index (χ4v) is 3.04. The fraction of sp³-hybridized carbons (Fsp3) is 0.111. The van der Waals surface area contributed by atoms with Crippen molar-refractivity contribution in [1.29, 1.82) is 0 Å². The first kappa shape index (κ1) is 14.5. The van der Waals surface area contributed by atoms with Gasteiger partial charge in [-0.25, -0.2) is 0 Å². The second-order valence-corrected chi connectivity index (χ2v) is 5.88. The van der Waals surface area contributed by atoms with Crippen molar-refractivity contribution < 1.29 is 4.79 Å². The molecule has 0 atom stereocenters. The minimum atomic E-state index is 0.0444. The van der Waals surface area contributed by atoms with Crippen molar-refractivity contribution in [3.63, 3.8) is 0 Å². The van der Waals surface area contributed by atoms with Gasteiger partial charge in [-0.15, -0.1) is 11.3 Å². The summed E-state index contributed by atoms with van der Waals surface area (Å²) in [6.45, 7) is 0. The highest BCUT2D eigenvalue weighted by atomic mass is 32.1. The first-order valence-corrected chi connectivity index (χ1v) is 8.02. The van der Waals surface area contributed by atoms with Gasteiger partial charge in [0.25, 0.3) is 0 Å². The molecule has 0 aliphatic carbocycles. The van der Waals surface area contributed by atoms with E-state index in [2.05, 4.69) is 10.3 Å². The number of benzene rings is 1. The SMILES string of the molecule is O=C(CCc1ccccc1)Nc1csc(-c2ccncc2)c1. The van der Waals surface area contributed by atoms with Crippen molar-refractivity contribution in [3.05, 3.63) is 71.9 Å². The molecule has 0 aliphatic heterocycles. The highest BCUT2D eigenvalue weighted by Gasteiger charge is 2.06. The Hall–Kier alpha value is -2.46. The molecule has 1 aromatic carbocycles. The van der Waals surface area contributed by atoms with Crippen molar-refractivity contribution in [2.24, 2.45) is 0 Å². The van der Waals surface area contributed by atoms with Crippen LogP contribution in [0, 0.1) is 0 Å². The van der Waals surface area contributed by atoms with E-state index in [1.807, 2.05) is 53.9 Å². The van der Waals surface area contributed by atoms with Crippen molar-refractivity contribution in [2.75, 3.05) is 5.32 Å². The molecule has 0 fully saturated rings. The maximum Gasteiger partial charge on any atom is 0.224 e. The molecule has 0 aliphatic rings. The second-order valence-electron chi connectivity index (χ2n) is 4.97. The van der Waals surface area contributed by atoms with Crippen molar-refractivity contribution in [1.82, 2.24) is 4.98 Å². The zero-order valence-corrected chi connectivity index (χ0v) is 12.8. The monoisotopic (exact) mass is 308 g/mol. The summed E-state index contributed by atoms with van der Waals surface area (Å²) in [4.78, 5) is 17.2. The van der Waals surface area contributed by atoms with Gasteiger partial charge in [0.05, 0.1) is 5.69 Å². The summed E-state index contributed by atoms with van der Waals surface area (Å²) in [5, 5.41) is 4.93. The van der Waals surface area contributed by atoms with Gasteiger partial charge in [0.1, 0.15) is 0 Å². The Morgan fingerprint density at radius 1 is 1.09 bits per heavy atom. The van der Waals surface area contributed by atoms with Crippen LogP contribution in [0.25, 0.3) is 10.4 Å². The zero-order chi connectivity index (χ0) is 15.2. The highest BCUT2D eigenvalue weighted by Crippen LogP contribution is 2.29. The lowest BCUT2D eigenvalue weighted by atomic mass is 10.1. The Labute approximate surface area is 133 Å². The summed E-state index contributed by atoms with van der Waals surface area (Å²) in [6, 6.07) is 16.0. The van der Waals surface area contributed by atoms with Gasteiger partial charge in [0.15, 0.2) is 0 Å². The Bertz CT molecular complexity index is 738. The molecule has 4 heteroatoms. The van der Waals surface area contributed by atoms with Gasteiger partial charge >= 0.3 is 0 Å². The number of aromatic nitrogens is 1. The van der Waals surface area contributed by atoms with Crippen LogP contribution in [0.4, 0.5) is 5.69 Å². The van der Waals surface area contributed by atoms with E-state index in [4.69, 9.17) is 0 Å². The predicted molar refractivity (Wildman–Crippen MR) is 90.9 cm³/mol. The molecule has 3 nitrogen and oxygen atoms in total. The molecule has 0 unspecified atom stereocenters. The van der Waals surface area contributed by atoms with Crippen molar-refractivity contribution in [2.45, 2.75) is 12.8 Å². The number of carbonyl (C=O) groups excluding carboxylic acids is 1. The number of anilines is 1. The molecule has 2 aromatic heterocycles. The van der Waals surface area contributed by atoms with Gasteiger partial charge in [0.2, 0.25) is 5.91 Å². The van der Waals surface area contributed by atoms with Gasteiger partial charge in [0, 0.05) is 29.1 Å². The Morgan fingerprint density at radius 2 is 1.86 bits per heavy atom. The lowest BCUT2D eigenvalue weighted by molar-refractivity contribution is -0.116. The van der Waals surface area contributed by atoms with E-state index in [1.165, 1.54) is 5.56 Å². The summed E-state index contributed by atoms with van der Waals surface area (Å²) >= 11 is 1.62. The van der Waals surface area contributed by atoms with E-state index in [9.17, 15) is 4.79 Å². The molecule has 0 spiro atoms. The molecule has 0 saturated heterocycles. The van der Waals surface area contributed by atoms with Crippen LogP contribution in [0.3, 0.4) is 0 Å². The molecule has 1 N–H and O–H groups in total. The van der Waals surface area contributed by atoms with Crippen LogP contribution in [0.2, 0.25) is 0 Å². The molecule has 3 rings (SSSR count). The molecular formula is C18H16N2OS. The first-order chi connectivity index (χ1) is 10.8. The summed E-state index contributed by atoms with van der Waals surface area (Å²) < 4.78 is 0. The van der Waals surface area contributed by atoms with Crippen LogP contribution in [0.1, 0.15) is 12.0 Å². The molecule has 3 aromatic rings. The number of hydrogen-bond acceptors (Lipinski definition) is 3. The number of carbonyl (C=O) groups is 1. The number of aryl methyl sites for hydroxylation is 1. The number of thiophene rings is 1. The molecule has 1 amide bonds. The molecule has 0 bridgehead atoms. The van der Waals surface area contributed by atoms with Crippen LogP contribution in [0.15, 0.2) is 66.3 Å². The average molecular weight is 308 g/mol. The standard InChI is InChI=1S/C18H16N2OS/c21-18(7-6-14-4-2-1-3-5-14)20-16-12-17(22-13-16)15-8-10-19-11-9-15/h1-5,8-13H,6-7H2,(H,20,21). The first-order valence-electron chi connectivity index (χ1n) is 7.14. The number of amides is 1. The fourth-order valence-electron chi connectivity index (χ4n) is 2.20. The van der Waals surface area contributed by atoms with Gasteiger partial charge in [-0.3, -0.25) is 9.78 Å². The molecule has 2 heterocycles. The van der Waals surface area contributed by atoms with E-state index < -0.39 is 0 Å². The quantitative estimate of drug-likeness (QED) is 0.760. The van der Waals surface area contributed by atoms with Crippen LogP contribution >= 0.6 is 11.3 Å². The van der Waals surface area contributed by atoms with Crippen LogP contribution in [0.5, 0.6) is 0 Å². The third-order valence-corrected chi connectivity index (χ3v) is 4.31. The number of pyridine rings is 1. The highest BCUT2D eigenvalue weighted by molar-refractivity contribution is 7.14. The van der Waals surface area contributed by atoms with E-state index in [0.29, 0.717) is 6.42 Å². The predicted octanol–water partition coefficient (Wildman–Crippen LogP) is 4.38. The molecule has 110 valence electrons. The maximum absolute atomic E-state index is 12.0. The number of nitrogens with one attached hydrogen (secondary N) is 1. The van der Waals surface area contributed by atoms with Gasteiger partial charge in [-0.05, 0) is 35.7 Å². The summed E-state index contributed by atoms with van der Waals surface area (Å²) in [6.07, 6.45) is 4.79. The number of nitrogens with zero attached hydrogens (tertiary/aromatic N) is 1. The molecule has 0 radical (unpaired) electrons. The summed E-state index contributed by atoms with van der Waals surface area (Å²) in [7, 11) is 0. The zero-order valence-electron chi connectivity index (χ0n) is 12.0. The second kappa shape index (κ2) is 7.00. The maximum atomic E-state index is 12.0. The largest absolute Gasteiger partial charge is 0.325 e. The van der Waals surface area contributed by atoms with Gasteiger partial charge < -0.3 is 5.32 Å². The number of rotatable bonds is 5. The Balaban J connectivity index is 1.57. The van der Waals surface area contributed by atoms with E-state index in [-0.39, 0.29) is 5.91 Å². The van der Waals surface area contributed by atoms with Crippen molar-refractivity contribution in [3.8, 4) is 10.4 Å². The van der Waals surface area contributed by atoms with Crippen LogP contribution in [-0.4, -0.2) is 10.9 Å². The smallest absolute Gasteiger partial charge is 0.224 e. The average Bonchev–Trinajstić information content (AvgIpc) is 3.03. The van der Waals surface area contributed by atoms with E-state index in [1.54, 1.807) is 23.7 Å².